The molecule has 0 radical (unpaired) electrons. The van der Waals surface area contributed by atoms with Crippen molar-refractivity contribution in [2.45, 2.75) is 24.2 Å². The Morgan fingerprint density at radius 3 is 2.52 bits per heavy atom. The van der Waals surface area contributed by atoms with E-state index in [9.17, 15) is 18.0 Å². The number of sulfone groups is 1. The first-order valence-corrected chi connectivity index (χ1v) is 11.4. The van der Waals surface area contributed by atoms with Gasteiger partial charge in [0.05, 0.1) is 16.6 Å². The lowest BCUT2D eigenvalue weighted by Gasteiger charge is -2.15. The Labute approximate surface area is 179 Å². The van der Waals surface area contributed by atoms with Crippen LogP contribution >= 0.6 is 0 Å². The molecule has 4 rings (SSSR count). The highest BCUT2D eigenvalue weighted by atomic mass is 32.2. The lowest BCUT2D eigenvalue weighted by molar-refractivity contribution is -0.117. The Bertz CT molecular complexity index is 1210. The second-order valence-corrected chi connectivity index (χ2v) is 9.35. The summed E-state index contributed by atoms with van der Waals surface area (Å²) in [5.74, 6) is -0.573. The smallest absolute Gasteiger partial charge is 0.322 e. The Kier molecular flexibility index (Phi) is 5.55. The van der Waals surface area contributed by atoms with Crippen molar-refractivity contribution < 1.29 is 22.4 Å². The van der Waals surface area contributed by atoms with Gasteiger partial charge >= 0.3 is 6.01 Å². The van der Waals surface area contributed by atoms with Gasteiger partial charge in [0.1, 0.15) is 0 Å². The number of rotatable bonds is 6. The van der Waals surface area contributed by atoms with E-state index in [1.165, 1.54) is 24.3 Å². The fraction of sp³-hybridized carbons (Fsp3) is 0.238. The molecule has 160 valence electrons. The average molecular weight is 440 g/mol. The number of amides is 2. The molecule has 0 bridgehead atoms. The molecule has 1 saturated heterocycles. The fourth-order valence-electron chi connectivity index (χ4n) is 3.33. The van der Waals surface area contributed by atoms with E-state index >= 15 is 0 Å². The number of hydrogen-bond acceptors (Lipinski definition) is 7. The molecular formula is C21H20N4O5S. The highest BCUT2D eigenvalue weighted by molar-refractivity contribution is 7.91. The molecule has 1 fully saturated rings. The zero-order chi connectivity index (χ0) is 22.0. The summed E-state index contributed by atoms with van der Waals surface area (Å²) >= 11 is 0. The number of nitrogens with one attached hydrogen (secondary N) is 1. The van der Waals surface area contributed by atoms with Crippen LogP contribution in [0.5, 0.6) is 0 Å². The van der Waals surface area contributed by atoms with Gasteiger partial charge in [-0.3, -0.25) is 14.9 Å². The lowest BCUT2D eigenvalue weighted by Crippen LogP contribution is -2.24. The zero-order valence-electron chi connectivity index (χ0n) is 16.7. The number of para-hydroxylation sites is 1. The second kappa shape index (κ2) is 8.31. The van der Waals surface area contributed by atoms with Gasteiger partial charge in [0.25, 0.3) is 5.91 Å². The van der Waals surface area contributed by atoms with Crippen molar-refractivity contribution >= 4 is 33.4 Å². The molecule has 0 spiro atoms. The van der Waals surface area contributed by atoms with Gasteiger partial charge in [-0.25, -0.2) is 8.42 Å². The summed E-state index contributed by atoms with van der Waals surface area (Å²) in [4.78, 5) is 26.6. The molecule has 0 aliphatic carbocycles. The molecule has 2 heterocycles. The first-order valence-electron chi connectivity index (χ1n) is 9.70. The first kappa shape index (κ1) is 20.7. The molecule has 1 unspecified atom stereocenters. The van der Waals surface area contributed by atoms with Crippen molar-refractivity contribution in [3.63, 3.8) is 0 Å². The Morgan fingerprint density at radius 2 is 1.84 bits per heavy atom. The maximum Gasteiger partial charge on any atom is 0.322 e. The Balaban J connectivity index is 1.42. The summed E-state index contributed by atoms with van der Waals surface area (Å²) in [6.07, 6.45) is 0.234. The van der Waals surface area contributed by atoms with Gasteiger partial charge < -0.3 is 9.32 Å². The van der Waals surface area contributed by atoms with Crippen LogP contribution in [0.15, 0.2) is 63.9 Å². The number of carbonyl (C=O) groups is 2. The van der Waals surface area contributed by atoms with E-state index < -0.39 is 15.7 Å². The van der Waals surface area contributed by atoms with Crippen LogP contribution in [0.25, 0.3) is 0 Å². The summed E-state index contributed by atoms with van der Waals surface area (Å²) < 4.78 is 29.3. The van der Waals surface area contributed by atoms with E-state index in [0.29, 0.717) is 6.54 Å². The van der Waals surface area contributed by atoms with Crippen LogP contribution in [0, 0.1) is 0 Å². The third-order valence-electron chi connectivity index (χ3n) is 5.06. The molecule has 1 aliphatic rings. The Hall–Kier alpha value is -3.53. The molecule has 0 saturated carbocycles. The van der Waals surface area contributed by atoms with Gasteiger partial charge in [-0.1, -0.05) is 30.2 Å². The number of anilines is 2. The van der Waals surface area contributed by atoms with Crippen LogP contribution in [0.2, 0.25) is 0 Å². The van der Waals surface area contributed by atoms with Gasteiger partial charge in [-0.2, -0.15) is 0 Å². The van der Waals surface area contributed by atoms with Crippen molar-refractivity contribution in [2.24, 2.45) is 0 Å². The molecule has 2 amide bonds. The van der Waals surface area contributed by atoms with E-state index in [1.54, 1.807) is 11.8 Å². The van der Waals surface area contributed by atoms with Crippen molar-refractivity contribution in [1.82, 2.24) is 10.2 Å². The van der Waals surface area contributed by atoms with Gasteiger partial charge in [0.15, 0.2) is 9.84 Å². The maximum absolute atomic E-state index is 12.4. The highest BCUT2D eigenvalue weighted by Gasteiger charge is 2.35. The Morgan fingerprint density at radius 1 is 1.13 bits per heavy atom. The van der Waals surface area contributed by atoms with Crippen LogP contribution in [-0.2, 0) is 14.6 Å². The summed E-state index contributed by atoms with van der Waals surface area (Å²) in [6, 6.07) is 14.8. The SMILES string of the molecule is CCS(=O)(=O)c1ccc(C(=O)Nc2nnc(C3CC(=O)N(c4ccccc4)C3)o2)cc1. The van der Waals surface area contributed by atoms with Gasteiger partial charge in [-0.15, -0.1) is 5.10 Å². The molecule has 31 heavy (non-hydrogen) atoms. The predicted molar refractivity (Wildman–Crippen MR) is 113 cm³/mol. The predicted octanol–water partition coefficient (Wildman–Crippen LogP) is 2.64. The number of aromatic nitrogens is 2. The van der Waals surface area contributed by atoms with Gasteiger partial charge in [0.2, 0.25) is 11.8 Å². The molecule has 3 aromatic rings. The summed E-state index contributed by atoms with van der Waals surface area (Å²) in [5, 5.41) is 10.3. The largest absolute Gasteiger partial charge is 0.407 e. The molecule has 1 atom stereocenters. The van der Waals surface area contributed by atoms with Crippen LogP contribution < -0.4 is 10.2 Å². The topological polar surface area (TPSA) is 122 Å². The minimum atomic E-state index is -3.34. The van der Waals surface area contributed by atoms with Crippen molar-refractivity contribution in [1.29, 1.82) is 0 Å². The van der Waals surface area contributed by atoms with E-state index in [-0.39, 0.29) is 46.4 Å². The maximum atomic E-state index is 12.4. The minimum Gasteiger partial charge on any atom is -0.407 e. The quantitative estimate of drug-likeness (QED) is 0.625. The second-order valence-electron chi connectivity index (χ2n) is 7.07. The molecule has 2 aromatic carbocycles. The molecule has 1 N–H and O–H groups in total. The number of nitrogens with zero attached hydrogens (tertiary/aromatic N) is 3. The number of benzene rings is 2. The fourth-order valence-corrected chi connectivity index (χ4v) is 4.21. The van der Waals surface area contributed by atoms with Crippen molar-refractivity contribution in [3.05, 3.63) is 66.1 Å². The highest BCUT2D eigenvalue weighted by Crippen LogP contribution is 2.31. The molecular weight excluding hydrogens is 420 g/mol. The van der Waals surface area contributed by atoms with E-state index in [0.717, 1.165) is 5.69 Å². The monoisotopic (exact) mass is 440 g/mol. The molecule has 1 aliphatic heterocycles. The van der Waals surface area contributed by atoms with Crippen LogP contribution in [-0.4, -0.2) is 42.7 Å². The molecule has 9 nitrogen and oxygen atoms in total. The number of carbonyl (C=O) groups excluding carboxylic acids is 2. The van der Waals surface area contributed by atoms with Crippen LogP contribution in [0.1, 0.15) is 35.5 Å². The lowest BCUT2D eigenvalue weighted by atomic mass is 10.1. The van der Waals surface area contributed by atoms with Crippen LogP contribution in [0.3, 0.4) is 0 Å². The summed E-state index contributed by atoms with van der Waals surface area (Å²) in [6.45, 7) is 1.96. The molecule has 10 heteroatoms. The summed E-state index contributed by atoms with van der Waals surface area (Å²) in [5.41, 5.74) is 1.05. The standard InChI is InChI=1S/C21H20N4O5S/c1-2-31(28,29)17-10-8-14(9-11-17)19(27)22-21-24-23-20(30-21)15-12-18(26)25(13-15)16-6-4-3-5-7-16/h3-11,15H,2,12-13H2,1H3,(H,22,24,27). The average Bonchev–Trinajstić information content (AvgIpc) is 3.41. The third kappa shape index (κ3) is 4.33. The minimum absolute atomic E-state index is 0.0192. The van der Waals surface area contributed by atoms with E-state index in [1.807, 2.05) is 30.3 Å². The van der Waals surface area contributed by atoms with Crippen molar-refractivity contribution in [3.8, 4) is 0 Å². The summed E-state index contributed by atoms with van der Waals surface area (Å²) in [7, 11) is -3.34. The first-order chi connectivity index (χ1) is 14.9. The van der Waals surface area contributed by atoms with E-state index in [2.05, 4.69) is 15.5 Å². The van der Waals surface area contributed by atoms with E-state index in [4.69, 9.17) is 4.42 Å². The third-order valence-corrected chi connectivity index (χ3v) is 6.81. The van der Waals surface area contributed by atoms with Gasteiger partial charge in [-0.05, 0) is 36.4 Å². The zero-order valence-corrected chi connectivity index (χ0v) is 17.5. The van der Waals surface area contributed by atoms with Crippen molar-refractivity contribution in [2.75, 3.05) is 22.5 Å². The van der Waals surface area contributed by atoms with Crippen LogP contribution in [0.4, 0.5) is 11.7 Å². The number of hydrogen-bond donors (Lipinski definition) is 1. The molecule has 1 aromatic heterocycles. The van der Waals surface area contributed by atoms with Gasteiger partial charge in [0, 0.05) is 24.2 Å². The normalized spacial score (nSPS) is 16.5.